The summed E-state index contributed by atoms with van der Waals surface area (Å²) in [5, 5.41) is 3.59. The van der Waals surface area contributed by atoms with Crippen molar-refractivity contribution in [3.05, 3.63) is 0 Å². The number of unbranched alkanes of at least 4 members (excludes halogenated alkanes) is 27. The molecule has 0 aliphatic heterocycles. The number of nitrogens with two attached hydrogens (primary N) is 3. The average Bonchev–Trinajstić information content (AvgIpc) is 3.00. The summed E-state index contributed by atoms with van der Waals surface area (Å²) in [4.78, 5) is 0. The van der Waals surface area contributed by atoms with Gasteiger partial charge in [0, 0.05) is 18.1 Å². The van der Waals surface area contributed by atoms with E-state index in [2.05, 4.69) is 19.2 Å². The molecular formula is C39H84N4. The summed E-state index contributed by atoms with van der Waals surface area (Å²) in [6, 6.07) is 0.275. The molecule has 0 aromatic rings. The van der Waals surface area contributed by atoms with Crippen molar-refractivity contribution in [2.75, 3.05) is 13.1 Å². The number of rotatable bonds is 37. The fourth-order valence-electron chi connectivity index (χ4n) is 6.47. The highest BCUT2D eigenvalue weighted by Gasteiger charge is 2.16. The third-order valence-corrected chi connectivity index (χ3v) is 9.66. The zero-order valence-corrected chi connectivity index (χ0v) is 30.0. The predicted molar refractivity (Wildman–Crippen MR) is 196 cm³/mol. The fraction of sp³-hybridized carbons (Fsp3) is 1.00. The highest BCUT2D eigenvalue weighted by Crippen LogP contribution is 2.15. The summed E-state index contributed by atoms with van der Waals surface area (Å²) >= 11 is 0. The summed E-state index contributed by atoms with van der Waals surface area (Å²) in [6.07, 6.45) is 43.8. The van der Waals surface area contributed by atoms with Gasteiger partial charge in [-0.25, -0.2) is 0 Å². The molecule has 0 saturated heterocycles. The molecule has 4 nitrogen and oxygen atoms in total. The third kappa shape index (κ3) is 34.6. The van der Waals surface area contributed by atoms with Gasteiger partial charge in [-0.3, -0.25) is 0 Å². The Labute approximate surface area is 272 Å². The summed E-state index contributed by atoms with van der Waals surface area (Å²) in [6.45, 7) is 6.67. The Morgan fingerprint density at radius 1 is 0.349 bits per heavy atom. The van der Waals surface area contributed by atoms with Crippen molar-refractivity contribution in [1.29, 1.82) is 0 Å². The lowest BCUT2D eigenvalue weighted by Crippen LogP contribution is -2.46. The molecule has 0 heterocycles. The topological polar surface area (TPSA) is 90.1 Å². The highest BCUT2D eigenvalue weighted by atomic mass is 14.9. The Balaban J connectivity index is 3.37. The minimum absolute atomic E-state index is 0.0225. The largest absolute Gasteiger partial charge is 0.328 e. The molecule has 3 unspecified atom stereocenters. The Morgan fingerprint density at radius 3 is 1.05 bits per heavy atom. The van der Waals surface area contributed by atoms with E-state index in [0.717, 1.165) is 32.4 Å². The molecule has 7 N–H and O–H groups in total. The highest BCUT2D eigenvalue weighted by molar-refractivity contribution is 4.81. The first-order valence-electron chi connectivity index (χ1n) is 20.1. The van der Waals surface area contributed by atoms with Gasteiger partial charge in [-0.1, -0.05) is 194 Å². The maximum absolute atomic E-state index is 6.41. The second kappa shape index (κ2) is 36.3. The lowest BCUT2D eigenvalue weighted by atomic mass is 9.96. The number of nitrogens with one attached hydrogen (secondary N) is 1. The molecule has 0 bridgehead atoms. The molecule has 3 atom stereocenters. The Bertz CT molecular complexity index is 500. The van der Waals surface area contributed by atoms with Crippen LogP contribution in [0.25, 0.3) is 0 Å². The molecule has 0 aliphatic rings. The van der Waals surface area contributed by atoms with Crippen LogP contribution in [0.15, 0.2) is 0 Å². The molecule has 0 radical (unpaired) electrons. The average molecular weight is 609 g/mol. The standard InChI is InChI=1S/C39H84N4/c1-3-5-7-9-11-13-15-17-18-19-21-23-25-27-29-31-34-43-35-33-38(41)39(42)36-37(40)32-30-28-26-24-22-20-16-14-12-10-8-6-4-2/h37-39,43H,3-36,40-42H2,1-2H3. The van der Waals surface area contributed by atoms with Crippen LogP contribution in [0.2, 0.25) is 0 Å². The van der Waals surface area contributed by atoms with Crippen LogP contribution in [0.1, 0.15) is 219 Å². The van der Waals surface area contributed by atoms with Crippen LogP contribution in [0.5, 0.6) is 0 Å². The van der Waals surface area contributed by atoms with E-state index in [1.165, 1.54) is 186 Å². The molecule has 4 heteroatoms. The Hall–Kier alpha value is -0.160. The van der Waals surface area contributed by atoms with Gasteiger partial charge in [0.2, 0.25) is 0 Å². The zero-order valence-electron chi connectivity index (χ0n) is 30.0. The van der Waals surface area contributed by atoms with Gasteiger partial charge in [0.05, 0.1) is 0 Å². The van der Waals surface area contributed by atoms with Gasteiger partial charge in [-0.2, -0.15) is 0 Å². The summed E-state index contributed by atoms with van der Waals surface area (Å²) in [5.41, 5.74) is 19.2. The van der Waals surface area contributed by atoms with E-state index in [1.807, 2.05) is 0 Å². The van der Waals surface area contributed by atoms with Crippen LogP contribution >= 0.6 is 0 Å². The molecule has 0 rings (SSSR count). The maximum Gasteiger partial charge on any atom is 0.0207 e. The molecule has 43 heavy (non-hydrogen) atoms. The minimum Gasteiger partial charge on any atom is -0.328 e. The first kappa shape index (κ1) is 42.8. The normalized spacial score (nSPS) is 13.9. The van der Waals surface area contributed by atoms with Gasteiger partial charge in [-0.05, 0) is 38.8 Å². The Morgan fingerprint density at radius 2 is 0.674 bits per heavy atom. The SMILES string of the molecule is CCCCCCCCCCCCCCCCCCNCCC(N)C(N)CC(N)CCCCCCCCCCCCCCC. The zero-order chi connectivity index (χ0) is 31.5. The first-order chi connectivity index (χ1) is 21.1. The fourth-order valence-corrected chi connectivity index (χ4v) is 6.47. The monoisotopic (exact) mass is 609 g/mol. The van der Waals surface area contributed by atoms with E-state index in [4.69, 9.17) is 17.2 Å². The van der Waals surface area contributed by atoms with E-state index in [-0.39, 0.29) is 18.1 Å². The van der Waals surface area contributed by atoms with Crippen LogP contribution in [-0.4, -0.2) is 31.2 Å². The molecule has 0 aliphatic carbocycles. The van der Waals surface area contributed by atoms with Gasteiger partial charge >= 0.3 is 0 Å². The van der Waals surface area contributed by atoms with Crippen LogP contribution in [0.4, 0.5) is 0 Å². The lowest BCUT2D eigenvalue weighted by molar-refractivity contribution is 0.405. The molecule has 0 saturated carbocycles. The number of hydrogen-bond donors (Lipinski definition) is 4. The van der Waals surface area contributed by atoms with Gasteiger partial charge in [-0.15, -0.1) is 0 Å². The van der Waals surface area contributed by atoms with Gasteiger partial charge in [0.15, 0.2) is 0 Å². The molecule has 0 spiro atoms. The summed E-state index contributed by atoms with van der Waals surface area (Å²) in [7, 11) is 0. The third-order valence-electron chi connectivity index (χ3n) is 9.66. The van der Waals surface area contributed by atoms with E-state index in [0.29, 0.717) is 0 Å². The Kier molecular flexibility index (Phi) is 36.2. The van der Waals surface area contributed by atoms with Crippen molar-refractivity contribution in [3.63, 3.8) is 0 Å². The number of hydrogen-bond acceptors (Lipinski definition) is 4. The van der Waals surface area contributed by atoms with Gasteiger partial charge in [0.25, 0.3) is 0 Å². The second-order valence-corrected chi connectivity index (χ2v) is 14.2. The quantitative estimate of drug-likeness (QED) is 0.0528. The van der Waals surface area contributed by atoms with Crippen LogP contribution in [0, 0.1) is 0 Å². The van der Waals surface area contributed by atoms with Crippen molar-refractivity contribution in [2.24, 2.45) is 17.2 Å². The van der Waals surface area contributed by atoms with Crippen molar-refractivity contribution in [2.45, 2.75) is 237 Å². The van der Waals surface area contributed by atoms with Crippen molar-refractivity contribution in [1.82, 2.24) is 5.32 Å². The molecule has 0 aromatic carbocycles. The van der Waals surface area contributed by atoms with E-state index >= 15 is 0 Å². The lowest BCUT2D eigenvalue weighted by Gasteiger charge is -2.23. The van der Waals surface area contributed by atoms with Crippen LogP contribution in [0.3, 0.4) is 0 Å². The van der Waals surface area contributed by atoms with Gasteiger partial charge < -0.3 is 22.5 Å². The van der Waals surface area contributed by atoms with E-state index < -0.39 is 0 Å². The van der Waals surface area contributed by atoms with Crippen molar-refractivity contribution in [3.8, 4) is 0 Å². The van der Waals surface area contributed by atoms with Crippen molar-refractivity contribution >= 4 is 0 Å². The molecule has 260 valence electrons. The van der Waals surface area contributed by atoms with Gasteiger partial charge in [0.1, 0.15) is 0 Å². The molecule has 0 amide bonds. The maximum atomic E-state index is 6.41. The molecule has 0 fully saturated rings. The van der Waals surface area contributed by atoms with Crippen molar-refractivity contribution < 1.29 is 0 Å². The molecule has 0 aromatic heterocycles. The second-order valence-electron chi connectivity index (χ2n) is 14.2. The van der Waals surface area contributed by atoms with E-state index in [9.17, 15) is 0 Å². The van der Waals surface area contributed by atoms with E-state index in [1.54, 1.807) is 0 Å². The van der Waals surface area contributed by atoms with Crippen LogP contribution < -0.4 is 22.5 Å². The first-order valence-corrected chi connectivity index (χ1v) is 20.1. The van der Waals surface area contributed by atoms with Crippen LogP contribution in [-0.2, 0) is 0 Å². The summed E-state index contributed by atoms with van der Waals surface area (Å²) in [5.74, 6) is 0. The molecular weight excluding hydrogens is 524 g/mol. The minimum atomic E-state index is 0.0225. The smallest absolute Gasteiger partial charge is 0.0207 e. The predicted octanol–water partition coefficient (Wildman–Crippen LogP) is 11.1. The summed E-state index contributed by atoms with van der Waals surface area (Å²) < 4.78 is 0.